The van der Waals surface area contributed by atoms with Crippen molar-refractivity contribution in [2.45, 2.75) is 38.5 Å². The molecule has 0 bridgehead atoms. The van der Waals surface area contributed by atoms with Gasteiger partial charge in [-0.2, -0.15) is 9.97 Å². The molecule has 7 heteroatoms. The lowest BCUT2D eigenvalue weighted by molar-refractivity contribution is -0.117. The van der Waals surface area contributed by atoms with E-state index in [0.717, 1.165) is 12.8 Å². The van der Waals surface area contributed by atoms with Gasteiger partial charge in [0.1, 0.15) is 5.52 Å². The van der Waals surface area contributed by atoms with Crippen LogP contribution in [-0.2, 0) is 4.79 Å². The Balaban J connectivity index is 1.67. The molecular weight excluding hydrogens is 278 g/mol. The highest BCUT2D eigenvalue weighted by molar-refractivity contribution is 6.33. The number of rotatable bonds is 3. The summed E-state index contributed by atoms with van der Waals surface area (Å²) in [6, 6.07) is 0. The van der Waals surface area contributed by atoms with Gasteiger partial charge in [-0.1, -0.05) is 30.9 Å². The topological polar surface area (TPSA) is 83.6 Å². The van der Waals surface area contributed by atoms with E-state index >= 15 is 0 Å². The fraction of sp³-hybridized carbons (Fsp3) is 0.538. The lowest BCUT2D eigenvalue weighted by atomic mass is 9.87. The molecule has 0 unspecified atom stereocenters. The van der Waals surface area contributed by atoms with E-state index < -0.39 is 0 Å². The third-order valence-electron chi connectivity index (χ3n) is 3.69. The second kappa shape index (κ2) is 5.75. The minimum atomic E-state index is -0.0529. The van der Waals surface area contributed by atoms with E-state index in [1.54, 1.807) is 0 Å². The minimum Gasteiger partial charge on any atom is -0.341 e. The molecule has 0 radical (unpaired) electrons. The molecule has 2 aromatic heterocycles. The second-order valence-corrected chi connectivity index (χ2v) is 5.55. The molecule has 20 heavy (non-hydrogen) atoms. The standard InChI is InChI=1S/C13H16ClN5O/c14-11-10-12(16-7-15-10)19-13(18-11)17-9(20)6-8-4-2-1-3-5-8/h7-8H,1-6H2,(H2,15,16,17,18,19,20). The van der Waals surface area contributed by atoms with Gasteiger partial charge in [0.2, 0.25) is 11.9 Å². The average Bonchev–Trinajstić information content (AvgIpc) is 2.88. The first kappa shape index (κ1) is 13.3. The van der Waals surface area contributed by atoms with E-state index in [4.69, 9.17) is 11.6 Å². The van der Waals surface area contributed by atoms with Gasteiger partial charge in [-0.15, -0.1) is 0 Å². The Hall–Kier alpha value is -1.69. The quantitative estimate of drug-likeness (QED) is 0.852. The smallest absolute Gasteiger partial charge is 0.233 e. The number of carbonyl (C=O) groups excluding carboxylic acids is 1. The summed E-state index contributed by atoms with van der Waals surface area (Å²) in [4.78, 5) is 27.1. The number of imidazole rings is 1. The number of nitrogens with zero attached hydrogens (tertiary/aromatic N) is 3. The highest BCUT2D eigenvalue weighted by atomic mass is 35.5. The summed E-state index contributed by atoms with van der Waals surface area (Å²) in [5, 5.41) is 2.98. The third kappa shape index (κ3) is 2.90. The molecule has 2 aromatic rings. The predicted molar refractivity (Wildman–Crippen MR) is 76.5 cm³/mol. The van der Waals surface area contributed by atoms with Crippen LogP contribution in [0.15, 0.2) is 6.33 Å². The SMILES string of the molecule is O=C(CC1CCCCC1)Nc1nc(Cl)c2[nH]cnc2n1. The van der Waals surface area contributed by atoms with E-state index in [1.807, 2.05) is 0 Å². The van der Waals surface area contributed by atoms with Crippen molar-refractivity contribution < 1.29 is 4.79 Å². The molecule has 1 fully saturated rings. The van der Waals surface area contributed by atoms with Crippen LogP contribution in [0.5, 0.6) is 0 Å². The van der Waals surface area contributed by atoms with Crippen LogP contribution in [-0.4, -0.2) is 25.8 Å². The molecule has 0 saturated heterocycles. The third-order valence-corrected chi connectivity index (χ3v) is 3.97. The van der Waals surface area contributed by atoms with Crippen molar-refractivity contribution >= 4 is 34.6 Å². The van der Waals surface area contributed by atoms with Crippen molar-refractivity contribution in [1.82, 2.24) is 19.9 Å². The van der Waals surface area contributed by atoms with Crippen LogP contribution in [0.25, 0.3) is 11.2 Å². The number of H-pyrrole nitrogens is 1. The minimum absolute atomic E-state index is 0.0529. The van der Waals surface area contributed by atoms with E-state index in [0.29, 0.717) is 23.5 Å². The van der Waals surface area contributed by atoms with Gasteiger partial charge < -0.3 is 4.98 Å². The molecule has 2 heterocycles. The van der Waals surface area contributed by atoms with Gasteiger partial charge in [0, 0.05) is 6.42 Å². The van der Waals surface area contributed by atoms with E-state index in [9.17, 15) is 4.79 Å². The monoisotopic (exact) mass is 293 g/mol. The molecule has 0 aromatic carbocycles. The molecule has 1 aliphatic rings. The van der Waals surface area contributed by atoms with Crippen molar-refractivity contribution in [2.75, 3.05) is 5.32 Å². The Bertz CT molecular complexity index is 620. The average molecular weight is 294 g/mol. The first-order valence-electron chi connectivity index (χ1n) is 6.89. The normalized spacial score (nSPS) is 16.4. The molecule has 6 nitrogen and oxygen atoms in total. The molecule has 106 valence electrons. The zero-order valence-corrected chi connectivity index (χ0v) is 11.8. The summed E-state index contributed by atoms with van der Waals surface area (Å²) < 4.78 is 0. The van der Waals surface area contributed by atoms with Gasteiger partial charge in [-0.05, 0) is 18.8 Å². The first-order chi connectivity index (χ1) is 9.72. The largest absolute Gasteiger partial charge is 0.341 e. The number of hydrogen-bond donors (Lipinski definition) is 2. The fourth-order valence-electron chi connectivity index (χ4n) is 2.68. The van der Waals surface area contributed by atoms with Crippen LogP contribution in [0, 0.1) is 5.92 Å². The Morgan fingerprint density at radius 3 is 2.95 bits per heavy atom. The van der Waals surface area contributed by atoms with Crippen molar-refractivity contribution in [3.8, 4) is 0 Å². The van der Waals surface area contributed by atoms with Gasteiger partial charge in [0.05, 0.1) is 6.33 Å². The second-order valence-electron chi connectivity index (χ2n) is 5.20. The Labute approximate surface area is 121 Å². The molecule has 3 rings (SSSR count). The lowest BCUT2D eigenvalue weighted by Crippen LogP contribution is -2.19. The summed E-state index contributed by atoms with van der Waals surface area (Å²) in [5.41, 5.74) is 1.04. The number of aromatic nitrogens is 4. The van der Waals surface area contributed by atoms with Gasteiger partial charge in [0.15, 0.2) is 10.8 Å². The van der Waals surface area contributed by atoms with Gasteiger partial charge in [0.25, 0.3) is 0 Å². The molecule has 0 aliphatic heterocycles. The number of halogens is 1. The maximum atomic E-state index is 12.0. The summed E-state index contributed by atoms with van der Waals surface area (Å²) in [6.07, 6.45) is 8.02. The molecule has 1 saturated carbocycles. The zero-order valence-electron chi connectivity index (χ0n) is 11.0. The Kier molecular flexibility index (Phi) is 3.82. The number of aromatic amines is 1. The predicted octanol–water partition coefficient (Wildman–Crippen LogP) is 2.92. The molecule has 1 aliphatic carbocycles. The van der Waals surface area contributed by atoms with Crippen molar-refractivity contribution in [3.05, 3.63) is 11.5 Å². The van der Waals surface area contributed by atoms with Crippen LogP contribution < -0.4 is 5.32 Å². The number of hydrogen-bond acceptors (Lipinski definition) is 4. The number of anilines is 1. The fourth-order valence-corrected chi connectivity index (χ4v) is 2.90. The molecule has 1 amide bonds. The number of carbonyl (C=O) groups is 1. The van der Waals surface area contributed by atoms with Crippen molar-refractivity contribution in [2.24, 2.45) is 5.92 Å². The van der Waals surface area contributed by atoms with Crippen molar-refractivity contribution in [3.63, 3.8) is 0 Å². The molecule has 0 spiro atoms. The van der Waals surface area contributed by atoms with Crippen LogP contribution in [0.3, 0.4) is 0 Å². The molecule has 2 N–H and O–H groups in total. The van der Waals surface area contributed by atoms with Gasteiger partial charge in [-0.3, -0.25) is 10.1 Å². The number of fused-ring (bicyclic) bond motifs is 1. The molecular formula is C13H16ClN5O. The van der Waals surface area contributed by atoms with Crippen molar-refractivity contribution in [1.29, 1.82) is 0 Å². The Morgan fingerprint density at radius 1 is 1.35 bits per heavy atom. The molecule has 0 atom stereocenters. The first-order valence-corrected chi connectivity index (χ1v) is 7.26. The number of amides is 1. The highest BCUT2D eigenvalue weighted by Gasteiger charge is 2.18. The van der Waals surface area contributed by atoms with E-state index in [2.05, 4.69) is 25.3 Å². The van der Waals surface area contributed by atoms with Crippen LogP contribution in [0.1, 0.15) is 38.5 Å². The van der Waals surface area contributed by atoms with E-state index in [-0.39, 0.29) is 17.0 Å². The Morgan fingerprint density at radius 2 is 2.15 bits per heavy atom. The number of nitrogens with one attached hydrogen (secondary N) is 2. The summed E-state index contributed by atoms with van der Waals surface area (Å²) >= 11 is 6.01. The summed E-state index contributed by atoms with van der Waals surface area (Å²) in [5.74, 6) is 0.645. The van der Waals surface area contributed by atoms with E-state index in [1.165, 1.54) is 25.6 Å². The maximum Gasteiger partial charge on any atom is 0.233 e. The maximum absolute atomic E-state index is 12.0. The van der Waals surface area contributed by atoms with Gasteiger partial charge >= 0.3 is 0 Å². The van der Waals surface area contributed by atoms with Crippen LogP contribution in [0.2, 0.25) is 5.15 Å². The van der Waals surface area contributed by atoms with Crippen LogP contribution >= 0.6 is 11.6 Å². The summed E-state index contributed by atoms with van der Waals surface area (Å²) in [6.45, 7) is 0. The lowest BCUT2D eigenvalue weighted by Gasteiger charge is -2.20. The van der Waals surface area contributed by atoms with Crippen LogP contribution in [0.4, 0.5) is 5.95 Å². The summed E-state index contributed by atoms with van der Waals surface area (Å²) in [7, 11) is 0. The zero-order chi connectivity index (χ0) is 13.9. The van der Waals surface area contributed by atoms with Gasteiger partial charge in [-0.25, -0.2) is 4.98 Å². The highest BCUT2D eigenvalue weighted by Crippen LogP contribution is 2.26.